The van der Waals surface area contributed by atoms with E-state index in [9.17, 15) is 24.2 Å². The fourth-order valence-corrected chi connectivity index (χ4v) is 3.47. The van der Waals surface area contributed by atoms with Crippen molar-refractivity contribution in [1.29, 1.82) is 0 Å². The smallest absolute Gasteiger partial charge is 0.477 e. The Hall–Kier alpha value is 0.180. The lowest BCUT2D eigenvalue weighted by atomic mass is 10.1. The van der Waals surface area contributed by atoms with Gasteiger partial charge in [-0.15, -0.1) is 0 Å². The maximum Gasteiger partial charge on any atom is 0.477 e. The van der Waals surface area contributed by atoms with Gasteiger partial charge in [-0.05, 0) is 6.92 Å². The molecule has 0 aromatic heterocycles. The van der Waals surface area contributed by atoms with E-state index in [0.29, 0.717) is 6.66 Å². The van der Waals surface area contributed by atoms with E-state index in [-0.39, 0.29) is 0 Å². The lowest BCUT2D eigenvalue weighted by molar-refractivity contribution is -0.190. The van der Waals surface area contributed by atoms with Crippen LogP contribution in [0.3, 0.4) is 0 Å². The van der Waals surface area contributed by atoms with Crippen LogP contribution in [0.4, 0.5) is 0 Å². The maximum atomic E-state index is 11.2. The molecule has 1 aliphatic rings. The molecule has 108 valence electrons. The minimum Gasteiger partial charge on any atom is -0.778 e. The van der Waals surface area contributed by atoms with Gasteiger partial charge in [-0.3, -0.25) is 4.52 Å². The van der Waals surface area contributed by atoms with Crippen LogP contribution in [-0.2, 0) is 22.7 Å². The average Bonchev–Trinajstić information content (AvgIpc) is 2.39. The lowest BCUT2D eigenvalue weighted by Gasteiger charge is -2.22. The topological polar surface area (TPSA) is 146 Å². The molecule has 0 spiro atoms. The Morgan fingerprint density at radius 1 is 1.33 bits per heavy atom. The van der Waals surface area contributed by atoms with E-state index >= 15 is 0 Å². The normalized spacial score (nSPS) is 39.2. The Balaban J connectivity index is 2.51. The number of aliphatic hydroxyl groups excluding tert-OH is 2. The number of hydrogen-bond donors (Lipinski definition) is 3. The summed E-state index contributed by atoms with van der Waals surface area (Å²) in [6.07, 6.45) is -4.14. The van der Waals surface area contributed by atoms with Crippen LogP contribution in [0.15, 0.2) is 0 Å². The van der Waals surface area contributed by atoms with Gasteiger partial charge in [0, 0.05) is 6.66 Å². The zero-order valence-electron chi connectivity index (χ0n) is 9.70. The summed E-state index contributed by atoms with van der Waals surface area (Å²) >= 11 is 0. The summed E-state index contributed by atoms with van der Waals surface area (Å²) in [4.78, 5) is 19.8. The van der Waals surface area contributed by atoms with Crippen molar-refractivity contribution in [2.75, 3.05) is 13.3 Å². The summed E-state index contributed by atoms with van der Waals surface area (Å²) in [5.41, 5.74) is 0. The number of hydrogen-bond acceptors (Lipinski definition) is 8. The lowest BCUT2D eigenvalue weighted by Crippen LogP contribution is -2.33. The number of aliphatic hydroxyl groups is 2. The molecule has 3 unspecified atom stereocenters. The summed E-state index contributed by atoms with van der Waals surface area (Å²) in [5, 5.41) is 18.8. The van der Waals surface area contributed by atoms with Gasteiger partial charge in [0.05, 0.1) is 12.7 Å². The van der Waals surface area contributed by atoms with E-state index in [0.717, 1.165) is 0 Å². The first-order chi connectivity index (χ1) is 8.02. The molecule has 0 bridgehead atoms. The molecular weight excluding hydrogens is 290 g/mol. The van der Waals surface area contributed by atoms with Crippen molar-refractivity contribution in [3.05, 3.63) is 0 Å². The predicted molar refractivity (Wildman–Crippen MR) is 56.7 cm³/mol. The molecule has 1 rings (SSSR count). The molecule has 1 heterocycles. The number of phosphoric ester groups is 1. The van der Waals surface area contributed by atoms with Gasteiger partial charge in [0.1, 0.15) is 25.9 Å². The average molecular weight is 305 g/mol. The van der Waals surface area contributed by atoms with Crippen molar-refractivity contribution in [2.24, 2.45) is 0 Å². The summed E-state index contributed by atoms with van der Waals surface area (Å²) in [6.45, 7) is 1.53. The molecule has 6 atom stereocenters. The highest BCUT2D eigenvalue weighted by Gasteiger charge is 2.41. The molecule has 1 fully saturated rings. The highest BCUT2D eigenvalue weighted by Crippen LogP contribution is 2.55. The first-order valence-electron chi connectivity index (χ1n) is 5.00. The van der Waals surface area contributed by atoms with E-state index in [1.807, 2.05) is 0 Å². The summed E-state index contributed by atoms with van der Waals surface area (Å²) in [7, 11) is -9.21. The van der Waals surface area contributed by atoms with E-state index in [4.69, 9.17) is 9.63 Å². The number of rotatable bonds is 5. The van der Waals surface area contributed by atoms with Crippen molar-refractivity contribution in [2.45, 2.75) is 31.3 Å². The van der Waals surface area contributed by atoms with Crippen LogP contribution in [0.5, 0.6) is 0 Å². The molecule has 0 amide bonds. The SMILES string of the molecule is C[C@@H]1O[C@H](COP(=O)(O)OP(C)(=O)[O-])C(O)[C@@H]1O. The standard InChI is InChI=1S/C7H16O9P2/c1-4-6(8)7(9)5(15-4)3-14-18(12,13)16-17(2,10)11/h4-9H,3H2,1-2H3,(H,10,11)(H,12,13)/p-1/t4-,5+,6+,7?/m0/s1. The third kappa shape index (κ3) is 4.70. The largest absolute Gasteiger partial charge is 0.778 e. The van der Waals surface area contributed by atoms with Crippen LogP contribution in [-0.4, -0.2) is 52.8 Å². The molecule has 0 aliphatic carbocycles. The molecule has 0 radical (unpaired) electrons. The molecule has 0 saturated carbocycles. The Morgan fingerprint density at radius 2 is 1.89 bits per heavy atom. The summed E-state index contributed by atoms with van der Waals surface area (Å²) < 4.78 is 35.2. The van der Waals surface area contributed by atoms with Crippen LogP contribution in [0, 0.1) is 0 Å². The van der Waals surface area contributed by atoms with Gasteiger partial charge in [0.25, 0.3) is 0 Å². The van der Waals surface area contributed by atoms with Crippen molar-refractivity contribution in [1.82, 2.24) is 0 Å². The van der Waals surface area contributed by atoms with Gasteiger partial charge in [0.2, 0.25) is 0 Å². The van der Waals surface area contributed by atoms with Crippen LogP contribution >= 0.6 is 15.4 Å². The second kappa shape index (κ2) is 5.66. The van der Waals surface area contributed by atoms with Gasteiger partial charge < -0.3 is 29.3 Å². The van der Waals surface area contributed by atoms with Crippen LogP contribution < -0.4 is 4.89 Å². The van der Waals surface area contributed by atoms with E-state index in [2.05, 4.69) is 8.83 Å². The molecule has 11 heteroatoms. The minimum atomic E-state index is -4.78. The van der Waals surface area contributed by atoms with Crippen LogP contribution in [0.2, 0.25) is 0 Å². The summed E-state index contributed by atoms with van der Waals surface area (Å²) in [6, 6.07) is 0. The first-order valence-corrected chi connectivity index (χ1v) is 8.49. The third-order valence-corrected chi connectivity index (χ3v) is 4.74. The van der Waals surface area contributed by atoms with Crippen LogP contribution in [0.1, 0.15) is 6.92 Å². The number of phosphoric acid groups is 1. The molecule has 0 aromatic rings. The quantitative estimate of drug-likeness (QED) is 0.534. The van der Waals surface area contributed by atoms with E-state index in [1.165, 1.54) is 6.92 Å². The van der Waals surface area contributed by atoms with Gasteiger partial charge in [-0.1, -0.05) is 0 Å². The fourth-order valence-electron chi connectivity index (χ4n) is 1.45. The Kier molecular flexibility index (Phi) is 5.11. The molecule has 1 aliphatic heterocycles. The summed E-state index contributed by atoms with van der Waals surface area (Å²) in [5.74, 6) is 0. The molecule has 9 nitrogen and oxygen atoms in total. The minimum absolute atomic E-state index is 0.587. The second-order valence-corrected chi connectivity index (χ2v) is 7.37. The van der Waals surface area contributed by atoms with Crippen molar-refractivity contribution < 1.29 is 42.7 Å². The van der Waals surface area contributed by atoms with Crippen LogP contribution in [0.25, 0.3) is 0 Å². The first kappa shape index (κ1) is 16.2. The molecule has 3 N–H and O–H groups in total. The molecule has 18 heavy (non-hydrogen) atoms. The zero-order valence-corrected chi connectivity index (χ0v) is 11.5. The third-order valence-electron chi connectivity index (χ3n) is 2.25. The van der Waals surface area contributed by atoms with Crippen molar-refractivity contribution >= 4 is 15.4 Å². The monoisotopic (exact) mass is 305 g/mol. The van der Waals surface area contributed by atoms with Crippen molar-refractivity contribution in [3.8, 4) is 0 Å². The Bertz CT molecular complexity index is 379. The maximum absolute atomic E-state index is 11.2. The second-order valence-electron chi connectivity index (χ2n) is 3.98. The Labute approximate surface area is 103 Å². The number of ether oxygens (including phenoxy) is 1. The van der Waals surface area contributed by atoms with Gasteiger partial charge in [-0.2, -0.15) is 0 Å². The van der Waals surface area contributed by atoms with Gasteiger partial charge in [-0.25, -0.2) is 8.88 Å². The van der Waals surface area contributed by atoms with Gasteiger partial charge in [0.15, 0.2) is 0 Å². The highest BCUT2D eigenvalue weighted by molar-refractivity contribution is 7.62. The fraction of sp³-hybridized carbons (Fsp3) is 1.00. The van der Waals surface area contributed by atoms with E-state index in [1.54, 1.807) is 0 Å². The highest BCUT2D eigenvalue weighted by atomic mass is 31.3. The van der Waals surface area contributed by atoms with E-state index < -0.39 is 46.4 Å². The Morgan fingerprint density at radius 3 is 2.28 bits per heavy atom. The molecular formula is C7H15O9P2-. The molecule has 1 saturated heterocycles. The van der Waals surface area contributed by atoms with Gasteiger partial charge >= 0.3 is 7.82 Å². The zero-order chi connectivity index (χ0) is 14.1. The predicted octanol–water partition coefficient (Wildman–Crippen LogP) is -1.19. The van der Waals surface area contributed by atoms with Crippen molar-refractivity contribution in [3.63, 3.8) is 0 Å². The molecule has 0 aromatic carbocycles.